The largest absolute Gasteiger partial charge is 0.466 e. The number of nitrogens with two attached hydrogens (primary N) is 1. The zero-order valence-corrected chi connectivity index (χ0v) is 19.1. The summed E-state index contributed by atoms with van der Waals surface area (Å²) in [4.78, 5) is 27.7. The van der Waals surface area contributed by atoms with E-state index in [1.807, 2.05) is 18.2 Å². The van der Waals surface area contributed by atoms with Crippen LogP contribution in [0, 0.1) is 17.2 Å². The van der Waals surface area contributed by atoms with Crippen molar-refractivity contribution in [3.05, 3.63) is 82.8 Å². The molecule has 1 fully saturated rings. The van der Waals surface area contributed by atoms with Crippen LogP contribution < -0.4 is 16.0 Å². The predicted molar refractivity (Wildman–Crippen MR) is 127 cm³/mol. The number of hydrogen-bond donors (Lipinski definition) is 2. The van der Waals surface area contributed by atoms with Crippen molar-refractivity contribution >= 4 is 23.3 Å². The van der Waals surface area contributed by atoms with Crippen LogP contribution >= 0.6 is 0 Å². The molecule has 0 spiro atoms. The number of esters is 2. The molecule has 2 aromatic carbocycles. The van der Waals surface area contributed by atoms with Gasteiger partial charge >= 0.3 is 11.9 Å². The smallest absolute Gasteiger partial charge is 0.355 e. The van der Waals surface area contributed by atoms with Gasteiger partial charge in [0.25, 0.3) is 0 Å². The van der Waals surface area contributed by atoms with E-state index in [1.54, 1.807) is 36.4 Å². The van der Waals surface area contributed by atoms with Crippen molar-refractivity contribution in [2.75, 3.05) is 31.0 Å². The molecule has 1 aliphatic carbocycles. The maximum Gasteiger partial charge on any atom is 0.355 e. The number of benzene rings is 2. The van der Waals surface area contributed by atoms with Crippen molar-refractivity contribution < 1.29 is 19.1 Å². The van der Waals surface area contributed by atoms with Gasteiger partial charge in [-0.05, 0) is 36.5 Å². The Morgan fingerprint density at radius 2 is 1.71 bits per heavy atom. The number of rotatable bonds is 7. The molecule has 3 N–H and O–H groups in total. The second-order valence-electron chi connectivity index (χ2n) is 8.18. The summed E-state index contributed by atoms with van der Waals surface area (Å²) >= 11 is 0. The van der Waals surface area contributed by atoms with Gasteiger partial charge in [0.15, 0.2) is 0 Å². The molecule has 0 amide bonds. The van der Waals surface area contributed by atoms with Crippen molar-refractivity contribution in [1.29, 1.82) is 5.26 Å². The number of anilines is 2. The van der Waals surface area contributed by atoms with Gasteiger partial charge in [-0.25, -0.2) is 9.59 Å². The highest BCUT2D eigenvalue weighted by atomic mass is 16.5. The van der Waals surface area contributed by atoms with E-state index in [4.69, 9.17) is 15.2 Å². The van der Waals surface area contributed by atoms with Gasteiger partial charge in [-0.2, -0.15) is 5.26 Å². The second kappa shape index (κ2) is 9.71. The van der Waals surface area contributed by atoms with Crippen molar-refractivity contribution in [2.45, 2.75) is 18.8 Å². The molecule has 2 aromatic rings. The number of para-hydroxylation sites is 2. The highest BCUT2D eigenvalue weighted by molar-refractivity contribution is 6.07. The summed E-state index contributed by atoms with van der Waals surface area (Å²) in [5.74, 6) is -1.76. The molecule has 0 bridgehead atoms. The SMILES string of the molecule is COC(=O)C1=C(C(=O)OC)N(c2ccccc2NCC2CC2)C(N)=C(C#N)C1c1ccccc1. The average molecular weight is 459 g/mol. The summed E-state index contributed by atoms with van der Waals surface area (Å²) < 4.78 is 10.2. The van der Waals surface area contributed by atoms with Gasteiger partial charge in [0, 0.05) is 6.54 Å². The number of methoxy groups -OCH3 is 2. The Balaban J connectivity index is 1.98. The van der Waals surface area contributed by atoms with Crippen LogP contribution in [0.4, 0.5) is 11.4 Å². The third-order valence-corrected chi connectivity index (χ3v) is 6.03. The number of ether oxygens (including phenoxy) is 2. The van der Waals surface area contributed by atoms with Crippen LogP contribution in [0.5, 0.6) is 0 Å². The maximum atomic E-state index is 13.2. The van der Waals surface area contributed by atoms with Crippen LogP contribution in [0.25, 0.3) is 0 Å². The van der Waals surface area contributed by atoms with Crippen molar-refractivity contribution in [2.24, 2.45) is 11.7 Å². The number of nitrogens with one attached hydrogen (secondary N) is 1. The number of nitriles is 1. The lowest BCUT2D eigenvalue weighted by Gasteiger charge is -2.36. The van der Waals surface area contributed by atoms with Gasteiger partial charge in [-0.3, -0.25) is 4.90 Å². The van der Waals surface area contributed by atoms with Gasteiger partial charge in [0.05, 0.1) is 48.7 Å². The molecule has 8 heteroatoms. The molecule has 8 nitrogen and oxygen atoms in total. The van der Waals surface area contributed by atoms with Gasteiger partial charge in [0.2, 0.25) is 0 Å². The van der Waals surface area contributed by atoms with E-state index >= 15 is 0 Å². The molecule has 34 heavy (non-hydrogen) atoms. The topological polar surface area (TPSA) is 118 Å². The number of carbonyl (C=O) groups excluding carboxylic acids is 2. The molecule has 1 saturated carbocycles. The molecule has 0 saturated heterocycles. The number of hydrogen-bond acceptors (Lipinski definition) is 8. The van der Waals surface area contributed by atoms with E-state index in [9.17, 15) is 14.9 Å². The van der Waals surface area contributed by atoms with Crippen LogP contribution in [0.2, 0.25) is 0 Å². The number of allylic oxidation sites excluding steroid dienone is 1. The number of nitrogens with zero attached hydrogens (tertiary/aromatic N) is 2. The fourth-order valence-corrected chi connectivity index (χ4v) is 4.16. The third-order valence-electron chi connectivity index (χ3n) is 6.03. The van der Waals surface area contributed by atoms with Crippen LogP contribution in [0.15, 0.2) is 77.3 Å². The lowest BCUT2D eigenvalue weighted by Crippen LogP contribution is -2.41. The Labute approximate surface area is 198 Å². The summed E-state index contributed by atoms with van der Waals surface area (Å²) in [5.41, 5.74) is 8.50. The molecular formula is C26H26N4O4. The monoisotopic (exact) mass is 458 g/mol. The van der Waals surface area contributed by atoms with Crippen molar-refractivity contribution in [1.82, 2.24) is 0 Å². The summed E-state index contributed by atoms with van der Waals surface area (Å²) in [5, 5.41) is 13.6. The maximum absolute atomic E-state index is 13.2. The van der Waals surface area contributed by atoms with E-state index in [0.29, 0.717) is 17.2 Å². The molecule has 1 unspecified atom stereocenters. The Kier molecular flexibility index (Phi) is 6.55. The van der Waals surface area contributed by atoms with Crippen molar-refractivity contribution in [3.63, 3.8) is 0 Å². The standard InChI is InChI=1S/C26H26N4O4/c1-33-25(31)22-21(17-8-4-3-5-9-17)18(14-27)24(28)30(23(22)26(32)34-2)20-11-7-6-10-19(20)29-15-16-12-13-16/h3-11,16,21,29H,12-13,15,28H2,1-2H3. The molecule has 1 atom stereocenters. The Bertz CT molecular complexity index is 1210. The van der Waals surface area contributed by atoms with E-state index in [1.165, 1.54) is 19.1 Å². The van der Waals surface area contributed by atoms with Crippen LogP contribution in [0.1, 0.15) is 24.3 Å². The normalized spacial score (nSPS) is 17.8. The van der Waals surface area contributed by atoms with Crippen LogP contribution in [0.3, 0.4) is 0 Å². The first-order valence-electron chi connectivity index (χ1n) is 11.0. The van der Waals surface area contributed by atoms with E-state index < -0.39 is 17.9 Å². The minimum atomic E-state index is -0.893. The zero-order chi connectivity index (χ0) is 24.2. The summed E-state index contributed by atoms with van der Waals surface area (Å²) in [6.45, 7) is 0.771. The van der Waals surface area contributed by atoms with Gasteiger partial charge in [-0.1, -0.05) is 42.5 Å². The first-order valence-corrected chi connectivity index (χ1v) is 11.0. The number of carbonyl (C=O) groups is 2. The average Bonchev–Trinajstić information content (AvgIpc) is 3.71. The van der Waals surface area contributed by atoms with Gasteiger partial charge in [0.1, 0.15) is 11.5 Å². The van der Waals surface area contributed by atoms with Gasteiger partial charge < -0.3 is 20.5 Å². The van der Waals surface area contributed by atoms with E-state index in [2.05, 4.69) is 11.4 Å². The molecule has 1 heterocycles. The molecule has 0 radical (unpaired) electrons. The summed E-state index contributed by atoms with van der Waals surface area (Å²) in [6.07, 6.45) is 2.33. The highest BCUT2D eigenvalue weighted by Gasteiger charge is 2.43. The summed E-state index contributed by atoms with van der Waals surface area (Å²) in [7, 11) is 2.46. The third kappa shape index (κ3) is 4.20. The molecule has 1 aliphatic heterocycles. The van der Waals surface area contributed by atoms with Crippen LogP contribution in [-0.4, -0.2) is 32.7 Å². The molecular weight excluding hydrogens is 432 g/mol. The Morgan fingerprint density at radius 3 is 2.32 bits per heavy atom. The molecule has 4 rings (SSSR count). The first kappa shape index (κ1) is 22.9. The fraction of sp³-hybridized carbons (Fsp3) is 0.269. The van der Waals surface area contributed by atoms with Gasteiger partial charge in [-0.15, -0.1) is 0 Å². The highest BCUT2D eigenvalue weighted by Crippen LogP contribution is 2.44. The van der Waals surface area contributed by atoms with Crippen LogP contribution in [-0.2, 0) is 19.1 Å². The lowest BCUT2D eigenvalue weighted by atomic mass is 9.81. The second-order valence-corrected chi connectivity index (χ2v) is 8.18. The minimum Gasteiger partial charge on any atom is -0.466 e. The molecule has 174 valence electrons. The zero-order valence-electron chi connectivity index (χ0n) is 19.1. The fourth-order valence-electron chi connectivity index (χ4n) is 4.16. The Hall–Kier alpha value is -4.25. The predicted octanol–water partition coefficient (Wildman–Crippen LogP) is 3.41. The summed E-state index contributed by atoms with van der Waals surface area (Å²) in [6, 6.07) is 18.4. The Morgan fingerprint density at radius 1 is 1.06 bits per heavy atom. The minimum absolute atomic E-state index is 0.0108. The van der Waals surface area contributed by atoms with E-state index in [-0.39, 0.29) is 22.7 Å². The quantitative estimate of drug-likeness (QED) is 0.606. The molecule has 0 aromatic heterocycles. The van der Waals surface area contributed by atoms with Crippen molar-refractivity contribution in [3.8, 4) is 6.07 Å². The lowest BCUT2D eigenvalue weighted by molar-refractivity contribution is -0.139. The first-order chi connectivity index (χ1) is 16.5. The van der Waals surface area contributed by atoms with E-state index in [0.717, 1.165) is 25.1 Å². The molecule has 2 aliphatic rings.